The van der Waals surface area contributed by atoms with Crippen LogP contribution in [0.1, 0.15) is 17.3 Å². The first-order valence-corrected chi connectivity index (χ1v) is 8.80. The van der Waals surface area contributed by atoms with Gasteiger partial charge in [-0.1, -0.05) is 35.5 Å². The van der Waals surface area contributed by atoms with Gasteiger partial charge in [-0.25, -0.2) is 9.67 Å². The van der Waals surface area contributed by atoms with Crippen LogP contribution in [-0.4, -0.2) is 48.4 Å². The van der Waals surface area contributed by atoms with E-state index in [2.05, 4.69) is 15.3 Å². The minimum Gasteiger partial charge on any atom is -0.337 e. The molecule has 2 aromatic heterocycles. The predicted octanol–water partition coefficient (Wildman–Crippen LogP) is 1.20. The Morgan fingerprint density at radius 3 is 2.67 bits per heavy atom. The Hall–Kier alpha value is -3.29. The maximum atomic E-state index is 12.4. The Kier molecular flexibility index (Phi) is 4.31. The molecule has 1 amide bonds. The van der Waals surface area contributed by atoms with Gasteiger partial charge in [0.25, 0.3) is 5.56 Å². The number of likely N-dealkylation sites (tertiary alicyclic amines) is 1. The van der Waals surface area contributed by atoms with Crippen molar-refractivity contribution in [3.63, 3.8) is 0 Å². The number of carbonyl (C=O) groups is 1. The van der Waals surface area contributed by atoms with E-state index in [0.717, 1.165) is 11.3 Å². The molecule has 1 aliphatic heterocycles. The average Bonchev–Trinajstić information content (AvgIpc) is 3.11. The summed E-state index contributed by atoms with van der Waals surface area (Å²) in [5.74, 6) is -0.0956. The summed E-state index contributed by atoms with van der Waals surface area (Å²) in [5, 5.41) is 8.40. The number of rotatable bonds is 4. The van der Waals surface area contributed by atoms with E-state index in [9.17, 15) is 9.59 Å². The van der Waals surface area contributed by atoms with Gasteiger partial charge in [-0.2, -0.15) is 0 Å². The van der Waals surface area contributed by atoms with Gasteiger partial charge < -0.3 is 4.90 Å². The van der Waals surface area contributed by atoms with Crippen LogP contribution in [0.2, 0.25) is 0 Å². The number of aromatic nitrogens is 5. The molecule has 0 spiro atoms. The molecule has 1 aliphatic rings. The van der Waals surface area contributed by atoms with Crippen molar-refractivity contribution in [3.8, 4) is 11.3 Å². The van der Waals surface area contributed by atoms with Crippen molar-refractivity contribution in [2.45, 2.75) is 26.4 Å². The zero-order valence-electron chi connectivity index (χ0n) is 15.2. The van der Waals surface area contributed by atoms with E-state index < -0.39 is 0 Å². The molecular formula is C19H20N6O2. The highest BCUT2D eigenvalue weighted by Crippen LogP contribution is 2.23. The molecule has 0 radical (unpaired) electrons. The van der Waals surface area contributed by atoms with Crippen molar-refractivity contribution >= 4 is 5.91 Å². The van der Waals surface area contributed by atoms with Crippen LogP contribution in [0.15, 0.2) is 47.7 Å². The van der Waals surface area contributed by atoms with Gasteiger partial charge >= 0.3 is 0 Å². The summed E-state index contributed by atoms with van der Waals surface area (Å²) in [6.45, 7) is 4.63. The first-order valence-electron chi connectivity index (χ1n) is 8.80. The van der Waals surface area contributed by atoms with Crippen LogP contribution >= 0.6 is 0 Å². The van der Waals surface area contributed by atoms with Crippen molar-refractivity contribution in [2.24, 2.45) is 0 Å². The molecule has 8 nitrogen and oxygen atoms in total. The third-order valence-corrected chi connectivity index (χ3v) is 4.99. The molecular weight excluding hydrogens is 344 g/mol. The fourth-order valence-corrected chi connectivity index (χ4v) is 3.06. The molecule has 8 heteroatoms. The Balaban J connectivity index is 1.38. The van der Waals surface area contributed by atoms with Gasteiger partial charge in [0, 0.05) is 29.9 Å². The SMILES string of the molecule is Cc1ncn(CC(=O)N2CC(n3cc(-c4ccccc4)nn3)C2)c(=O)c1C. The molecule has 27 heavy (non-hydrogen) atoms. The first-order chi connectivity index (χ1) is 13.0. The summed E-state index contributed by atoms with van der Waals surface area (Å²) in [4.78, 5) is 30.5. The van der Waals surface area contributed by atoms with Crippen LogP contribution in [0.4, 0.5) is 0 Å². The second-order valence-corrected chi connectivity index (χ2v) is 6.79. The number of amides is 1. The molecule has 0 N–H and O–H groups in total. The fourth-order valence-electron chi connectivity index (χ4n) is 3.06. The lowest BCUT2D eigenvalue weighted by Crippen LogP contribution is -2.52. The van der Waals surface area contributed by atoms with Crippen LogP contribution in [0.5, 0.6) is 0 Å². The van der Waals surface area contributed by atoms with Gasteiger partial charge in [0.15, 0.2) is 0 Å². The van der Waals surface area contributed by atoms with Gasteiger partial charge in [0.2, 0.25) is 5.91 Å². The van der Waals surface area contributed by atoms with Gasteiger partial charge in [-0.15, -0.1) is 5.10 Å². The van der Waals surface area contributed by atoms with E-state index >= 15 is 0 Å². The van der Waals surface area contributed by atoms with E-state index in [1.165, 1.54) is 10.9 Å². The van der Waals surface area contributed by atoms with Gasteiger partial charge in [0.05, 0.1) is 18.6 Å². The highest BCUT2D eigenvalue weighted by Gasteiger charge is 2.33. The molecule has 0 unspecified atom stereocenters. The first kappa shape index (κ1) is 17.1. The predicted molar refractivity (Wildman–Crippen MR) is 99.0 cm³/mol. The number of nitrogens with zero attached hydrogens (tertiary/aromatic N) is 6. The molecule has 1 saturated heterocycles. The van der Waals surface area contributed by atoms with Crippen molar-refractivity contribution in [2.75, 3.05) is 13.1 Å². The smallest absolute Gasteiger partial charge is 0.256 e. The monoisotopic (exact) mass is 364 g/mol. The minimum absolute atomic E-state index is 0.00625. The maximum Gasteiger partial charge on any atom is 0.256 e. The molecule has 1 fully saturated rings. The summed E-state index contributed by atoms with van der Waals surface area (Å²) in [7, 11) is 0. The Morgan fingerprint density at radius 2 is 1.93 bits per heavy atom. The highest BCUT2D eigenvalue weighted by molar-refractivity contribution is 5.77. The summed E-state index contributed by atoms with van der Waals surface area (Å²) in [6.07, 6.45) is 3.34. The van der Waals surface area contributed by atoms with Crippen LogP contribution in [0, 0.1) is 13.8 Å². The normalized spacial score (nSPS) is 14.2. The number of hydrogen-bond acceptors (Lipinski definition) is 5. The molecule has 0 saturated carbocycles. The van der Waals surface area contributed by atoms with E-state index in [-0.39, 0.29) is 24.1 Å². The number of carbonyl (C=O) groups excluding carboxylic acids is 1. The second-order valence-electron chi connectivity index (χ2n) is 6.79. The Labute approximate surface area is 156 Å². The summed E-state index contributed by atoms with van der Waals surface area (Å²) in [5.41, 5.74) is 2.92. The van der Waals surface area contributed by atoms with E-state index in [0.29, 0.717) is 24.3 Å². The second kappa shape index (κ2) is 6.79. The topological polar surface area (TPSA) is 85.9 Å². The highest BCUT2D eigenvalue weighted by atomic mass is 16.2. The standard InChI is InChI=1S/C19H20N6O2/c1-13-14(2)20-12-24(19(13)27)11-18(26)23-8-16(9-23)25-10-17(21-22-25)15-6-4-3-5-7-15/h3-7,10,12,16H,8-9,11H2,1-2H3. The number of hydrogen-bond donors (Lipinski definition) is 0. The van der Waals surface area contributed by atoms with E-state index in [4.69, 9.17) is 0 Å². The third-order valence-electron chi connectivity index (χ3n) is 4.99. The molecule has 0 bridgehead atoms. The zero-order valence-corrected chi connectivity index (χ0v) is 15.2. The van der Waals surface area contributed by atoms with Crippen LogP contribution in [0.25, 0.3) is 11.3 Å². The third kappa shape index (κ3) is 3.25. The molecule has 3 aromatic rings. The fraction of sp³-hybridized carbons (Fsp3) is 0.316. The summed E-state index contributed by atoms with van der Waals surface area (Å²) < 4.78 is 3.16. The van der Waals surface area contributed by atoms with Crippen molar-refractivity contribution < 1.29 is 4.79 Å². The van der Waals surface area contributed by atoms with Gasteiger partial charge in [-0.05, 0) is 13.8 Å². The van der Waals surface area contributed by atoms with Crippen molar-refractivity contribution in [1.82, 2.24) is 29.4 Å². The van der Waals surface area contributed by atoms with Gasteiger partial charge in [-0.3, -0.25) is 14.2 Å². The largest absolute Gasteiger partial charge is 0.337 e. The maximum absolute atomic E-state index is 12.4. The van der Waals surface area contributed by atoms with Crippen LogP contribution in [-0.2, 0) is 11.3 Å². The molecule has 138 valence electrons. The zero-order chi connectivity index (χ0) is 19.0. The van der Waals surface area contributed by atoms with E-state index in [1.807, 2.05) is 36.5 Å². The number of benzene rings is 1. The molecule has 3 heterocycles. The average molecular weight is 364 g/mol. The minimum atomic E-state index is -0.170. The van der Waals surface area contributed by atoms with Crippen molar-refractivity contribution in [1.29, 1.82) is 0 Å². The number of aryl methyl sites for hydroxylation is 1. The molecule has 0 aliphatic carbocycles. The lowest BCUT2D eigenvalue weighted by molar-refractivity contribution is -0.137. The van der Waals surface area contributed by atoms with Crippen LogP contribution < -0.4 is 5.56 Å². The quantitative estimate of drug-likeness (QED) is 0.694. The Bertz CT molecular complexity index is 1030. The summed E-state index contributed by atoms with van der Waals surface area (Å²) in [6, 6.07) is 9.96. The molecule has 0 atom stereocenters. The lowest BCUT2D eigenvalue weighted by atomic mass is 10.1. The lowest BCUT2D eigenvalue weighted by Gasteiger charge is -2.38. The molecule has 4 rings (SSSR count). The summed E-state index contributed by atoms with van der Waals surface area (Å²) >= 11 is 0. The Morgan fingerprint density at radius 1 is 1.19 bits per heavy atom. The van der Waals surface area contributed by atoms with Crippen LogP contribution in [0.3, 0.4) is 0 Å². The van der Waals surface area contributed by atoms with E-state index in [1.54, 1.807) is 23.4 Å². The van der Waals surface area contributed by atoms with Crippen molar-refractivity contribution in [3.05, 3.63) is 64.5 Å². The van der Waals surface area contributed by atoms with Gasteiger partial charge in [0.1, 0.15) is 12.2 Å². The molecule has 1 aromatic carbocycles.